The zero-order valence-electron chi connectivity index (χ0n) is 13.6. The van der Waals surface area contributed by atoms with Gasteiger partial charge in [-0.3, -0.25) is 4.79 Å². The first-order chi connectivity index (χ1) is 11.2. The molecule has 0 bridgehead atoms. The summed E-state index contributed by atoms with van der Waals surface area (Å²) in [6.07, 6.45) is 0.812. The van der Waals surface area contributed by atoms with E-state index >= 15 is 0 Å². The van der Waals surface area contributed by atoms with Gasteiger partial charge in [0.15, 0.2) is 0 Å². The molecule has 6 heteroatoms. The van der Waals surface area contributed by atoms with Crippen molar-refractivity contribution in [2.24, 2.45) is 0 Å². The summed E-state index contributed by atoms with van der Waals surface area (Å²) in [5.41, 5.74) is 0. The Morgan fingerprint density at radius 1 is 1.04 bits per heavy atom. The van der Waals surface area contributed by atoms with Crippen LogP contribution < -0.4 is 4.74 Å². The molecule has 0 spiro atoms. The van der Waals surface area contributed by atoms with Crippen LogP contribution in [-0.2, 0) is 9.53 Å². The molecule has 1 fully saturated rings. The van der Waals surface area contributed by atoms with Crippen molar-refractivity contribution >= 4 is 12.0 Å². The fraction of sp³-hybridized carbons (Fsp3) is 0.529. The van der Waals surface area contributed by atoms with Crippen LogP contribution >= 0.6 is 0 Å². The Kier molecular flexibility index (Phi) is 6.72. The highest BCUT2D eigenvalue weighted by molar-refractivity contribution is 5.76. The summed E-state index contributed by atoms with van der Waals surface area (Å²) in [5.74, 6) is 0.830. The van der Waals surface area contributed by atoms with Crippen LogP contribution in [-0.4, -0.2) is 61.2 Å². The van der Waals surface area contributed by atoms with E-state index in [9.17, 15) is 9.59 Å². The van der Waals surface area contributed by atoms with Gasteiger partial charge in [0.25, 0.3) is 0 Å². The first kappa shape index (κ1) is 17.1. The molecule has 23 heavy (non-hydrogen) atoms. The van der Waals surface area contributed by atoms with Gasteiger partial charge in [-0.2, -0.15) is 0 Å². The maximum absolute atomic E-state index is 12.3. The van der Waals surface area contributed by atoms with E-state index < -0.39 is 0 Å². The Balaban J connectivity index is 1.73. The van der Waals surface area contributed by atoms with E-state index in [2.05, 4.69) is 0 Å². The lowest BCUT2D eigenvalue weighted by atomic mass is 10.3. The lowest BCUT2D eigenvalue weighted by Crippen LogP contribution is -2.38. The summed E-state index contributed by atoms with van der Waals surface area (Å²) in [6.45, 7) is 4.88. The molecule has 2 rings (SSSR count). The first-order valence-electron chi connectivity index (χ1n) is 8.08. The standard InChI is InChI=1S/C17H24N2O4/c1-2-22-17(21)19-11-6-10-18(12-13-19)16(20)9-14-23-15-7-4-3-5-8-15/h3-5,7-8H,2,6,9-14H2,1H3. The second-order valence-corrected chi connectivity index (χ2v) is 5.33. The molecule has 1 saturated heterocycles. The zero-order chi connectivity index (χ0) is 16.5. The summed E-state index contributed by atoms with van der Waals surface area (Å²) in [6, 6.07) is 9.46. The van der Waals surface area contributed by atoms with Crippen LogP contribution in [0.4, 0.5) is 4.79 Å². The molecule has 1 aliphatic heterocycles. The van der Waals surface area contributed by atoms with Gasteiger partial charge in [-0.1, -0.05) is 18.2 Å². The number of nitrogens with zero attached hydrogens (tertiary/aromatic N) is 2. The molecule has 1 heterocycles. The number of carbonyl (C=O) groups excluding carboxylic acids is 2. The normalized spacial score (nSPS) is 15.0. The summed E-state index contributed by atoms with van der Waals surface area (Å²) < 4.78 is 10.6. The van der Waals surface area contributed by atoms with Gasteiger partial charge in [0.05, 0.1) is 19.6 Å². The van der Waals surface area contributed by atoms with E-state index in [0.29, 0.717) is 45.8 Å². The molecule has 0 radical (unpaired) electrons. The molecule has 2 amide bonds. The van der Waals surface area contributed by atoms with Gasteiger partial charge in [0.2, 0.25) is 5.91 Å². The highest BCUT2D eigenvalue weighted by Gasteiger charge is 2.22. The van der Waals surface area contributed by atoms with Gasteiger partial charge in [-0.05, 0) is 25.5 Å². The Labute approximate surface area is 137 Å². The summed E-state index contributed by atoms with van der Waals surface area (Å²) in [4.78, 5) is 27.5. The van der Waals surface area contributed by atoms with Crippen LogP contribution in [0.5, 0.6) is 5.75 Å². The molecule has 126 valence electrons. The van der Waals surface area contributed by atoms with Crippen molar-refractivity contribution in [2.45, 2.75) is 19.8 Å². The predicted molar refractivity (Wildman–Crippen MR) is 86.3 cm³/mol. The van der Waals surface area contributed by atoms with Gasteiger partial charge in [0.1, 0.15) is 5.75 Å². The van der Waals surface area contributed by atoms with Crippen molar-refractivity contribution in [2.75, 3.05) is 39.4 Å². The van der Waals surface area contributed by atoms with E-state index in [-0.39, 0.29) is 12.0 Å². The average Bonchev–Trinajstić information content (AvgIpc) is 2.82. The summed E-state index contributed by atoms with van der Waals surface area (Å²) >= 11 is 0. The van der Waals surface area contributed by atoms with E-state index in [1.54, 1.807) is 16.7 Å². The number of carbonyl (C=O) groups is 2. The topological polar surface area (TPSA) is 59.1 Å². The summed E-state index contributed by atoms with van der Waals surface area (Å²) in [7, 11) is 0. The SMILES string of the molecule is CCOC(=O)N1CCCN(C(=O)CCOc2ccccc2)CC1. The van der Waals surface area contributed by atoms with Crippen molar-refractivity contribution in [3.05, 3.63) is 30.3 Å². The highest BCUT2D eigenvalue weighted by atomic mass is 16.6. The monoisotopic (exact) mass is 320 g/mol. The molecular formula is C17H24N2O4. The minimum atomic E-state index is -0.297. The number of para-hydroxylation sites is 1. The third kappa shape index (κ3) is 5.47. The van der Waals surface area contributed by atoms with Gasteiger partial charge in [-0.25, -0.2) is 4.79 Å². The van der Waals surface area contributed by atoms with Crippen molar-refractivity contribution < 1.29 is 19.1 Å². The second kappa shape index (κ2) is 9.02. The minimum Gasteiger partial charge on any atom is -0.493 e. The van der Waals surface area contributed by atoms with Gasteiger partial charge >= 0.3 is 6.09 Å². The largest absolute Gasteiger partial charge is 0.493 e. The molecule has 1 aromatic carbocycles. The van der Waals surface area contributed by atoms with Crippen molar-refractivity contribution in [1.82, 2.24) is 9.80 Å². The third-order valence-corrected chi connectivity index (χ3v) is 3.70. The summed E-state index contributed by atoms with van der Waals surface area (Å²) in [5, 5.41) is 0. The predicted octanol–water partition coefficient (Wildman–Crippen LogP) is 2.15. The number of amides is 2. The highest BCUT2D eigenvalue weighted by Crippen LogP contribution is 2.10. The quantitative estimate of drug-likeness (QED) is 0.834. The Morgan fingerprint density at radius 2 is 1.74 bits per heavy atom. The lowest BCUT2D eigenvalue weighted by Gasteiger charge is -2.21. The lowest BCUT2D eigenvalue weighted by molar-refractivity contribution is -0.131. The average molecular weight is 320 g/mol. The molecule has 0 aromatic heterocycles. The maximum Gasteiger partial charge on any atom is 0.409 e. The molecule has 0 aliphatic carbocycles. The fourth-order valence-electron chi connectivity index (χ4n) is 2.50. The maximum atomic E-state index is 12.3. The Hall–Kier alpha value is -2.24. The van der Waals surface area contributed by atoms with Crippen LogP contribution in [0.15, 0.2) is 30.3 Å². The molecule has 0 N–H and O–H groups in total. The first-order valence-corrected chi connectivity index (χ1v) is 8.08. The molecule has 0 atom stereocenters. The number of benzene rings is 1. The molecule has 0 saturated carbocycles. The van der Waals surface area contributed by atoms with Crippen LogP contribution in [0.3, 0.4) is 0 Å². The number of rotatable bonds is 5. The van der Waals surface area contributed by atoms with Crippen molar-refractivity contribution in [3.63, 3.8) is 0 Å². The molecule has 1 aromatic rings. The Bertz CT molecular complexity index is 507. The second-order valence-electron chi connectivity index (χ2n) is 5.33. The van der Waals surface area contributed by atoms with E-state index in [1.807, 2.05) is 30.3 Å². The van der Waals surface area contributed by atoms with Crippen molar-refractivity contribution in [3.8, 4) is 5.75 Å². The van der Waals surface area contributed by atoms with Crippen LogP contribution in [0.2, 0.25) is 0 Å². The zero-order valence-corrected chi connectivity index (χ0v) is 13.6. The van der Waals surface area contributed by atoms with E-state index in [1.165, 1.54) is 0 Å². The minimum absolute atomic E-state index is 0.0617. The fourth-order valence-corrected chi connectivity index (χ4v) is 2.50. The molecule has 0 unspecified atom stereocenters. The Morgan fingerprint density at radius 3 is 2.48 bits per heavy atom. The van der Waals surface area contributed by atoms with E-state index in [4.69, 9.17) is 9.47 Å². The van der Waals surface area contributed by atoms with Crippen molar-refractivity contribution in [1.29, 1.82) is 0 Å². The van der Waals surface area contributed by atoms with Gasteiger partial charge in [-0.15, -0.1) is 0 Å². The smallest absolute Gasteiger partial charge is 0.409 e. The van der Waals surface area contributed by atoms with Crippen LogP contribution in [0, 0.1) is 0 Å². The van der Waals surface area contributed by atoms with E-state index in [0.717, 1.165) is 12.2 Å². The number of ether oxygens (including phenoxy) is 2. The third-order valence-electron chi connectivity index (χ3n) is 3.70. The molecular weight excluding hydrogens is 296 g/mol. The van der Waals surface area contributed by atoms with Crippen LogP contribution in [0.1, 0.15) is 19.8 Å². The number of hydrogen-bond acceptors (Lipinski definition) is 4. The number of hydrogen-bond donors (Lipinski definition) is 0. The van der Waals surface area contributed by atoms with Crippen LogP contribution in [0.25, 0.3) is 0 Å². The molecule has 1 aliphatic rings. The van der Waals surface area contributed by atoms with Gasteiger partial charge in [0, 0.05) is 26.2 Å². The van der Waals surface area contributed by atoms with Gasteiger partial charge < -0.3 is 19.3 Å². The molecule has 6 nitrogen and oxygen atoms in total.